The van der Waals surface area contributed by atoms with E-state index in [4.69, 9.17) is 4.98 Å². The minimum Gasteiger partial charge on any atom is -0.370 e. The predicted molar refractivity (Wildman–Crippen MR) is 85.8 cm³/mol. The lowest BCUT2D eigenvalue weighted by Crippen LogP contribution is -2.01. The van der Waals surface area contributed by atoms with Gasteiger partial charge in [-0.2, -0.15) is 0 Å². The van der Waals surface area contributed by atoms with Gasteiger partial charge in [0.15, 0.2) is 0 Å². The van der Waals surface area contributed by atoms with Gasteiger partial charge >= 0.3 is 0 Å². The van der Waals surface area contributed by atoms with Crippen LogP contribution in [-0.4, -0.2) is 11.5 Å². The van der Waals surface area contributed by atoms with E-state index in [1.807, 2.05) is 0 Å². The van der Waals surface area contributed by atoms with Crippen molar-refractivity contribution in [1.29, 1.82) is 0 Å². The normalized spacial score (nSPS) is 11.1. The molecule has 3 rings (SSSR count). The van der Waals surface area contributed by atoms with Crippen molar-refractivity contribution in [3.05, 3.63) is 46.4 Å². The first-order valence-electron chi connectivity index (χ1n) is 6.43. The van der Waals surface area contributed by atoms with Crippen LogP contribution in [0.3, 0.4) is 0 Å². The highest BCUT2D eigenvalue weighted by Crippen LogP contribution is 2.32. The lowest BCUT2D eigenvalue weighted by molar-refractivity contribution is 1.16. The van der Waals surface area contributed by atoms with Gasteiger partial charge in [0.25, 0.3) is 0 Å². The highest BCUT2D eigenvalue weighted by Gasteiger charge is 2.08. The van der Waals surface area contributed by atoms with Crippen LogP contribution in [0, 0.1) is 6.92 Å². The first kappa shape index (κ1) is 12.4. The summed E-state index contributed by atoms with van der Waals surface area (Å²) in [5, 5.41) is 6.88. The second-order valence-electron chi connectivity index (χ2n) is 4.66. The van der Waals surface area contributed by atoms with Crippen LogP contribution in [0.25, 0.3) is 21.7 Å². The number of hydrogen-bond acceptors (Lipinski definition) is 2. The molecular weight excluding hydrogens is 300 g/mol. The van der Waals surface area contributed by atoms with E-state index in [0.717, 1.165) is 22.4 Å². The minimum absolute atomic E-state index is 0.883. The Morgan fingerprint density at radius 1 is 1.16 bits per heavy atom. The summed E-state index contributed by atoms with van der Waals surface area (Å²) in [5.74, 6) is 0.975. The van der Waals surface area contributed by atoms with Crippen LogP contribution < -0.4 is 5.32 Å². The summed E-state index contributed by atoms with van der Waals surface area (Å²) in [6.45, 7) is 5.06. The van der Waals surface area contributed by atoms with Crippen LogP contribution in [0.4, 0.5) is 5.82 Å². The van der Waals surface area contributed by atoms with E-state index in [1.165, 1.54) is 21.7 Å². The Morgan fingerprint density at radius 3 is 2.63 bits per heavy atom. The molecular formula is C16H15BrN2. The molecule has 0 radical (unpaired) electrons. The summed E-state index contributed by atoms with van der Waals surface area (Å²) in [4.78, 5) is 4.80. The third kappa shape index (κ3) is 2.08. The van der Waals surface area contributed by atoms with Crippen LogP contribution in [0.1, 0.15) is 12.5 Å². The fraction of sp³-hybridized carbons (Fsp3) is 0.188. The lowest BCUT2D eigenvalue weighted by atomic mass is 10.0. The third-order valence-corrected chi connectivity index (χ3v) is 3.96. The first-order valence-corrected chi connectivity index (χ1v) is 7.22. The summed E-state index contributed by atoms with van der Waals surface area (Å²) >= 11 is 3.65. The topological polar surface area (TPSA) is 24.9 Å². The molecule has 0 fully saturated rings. The molecule has 2 aromatic carbocycles. The maximum atomic E-state index is 4.80. The second kappa shape index (κ2) is 4.82. The van der Waals surface area contributed by atoms with E-state index in [-0.39, 0.29) is 0 Å². The highest BCUT2D eigenvalue weighted by molar-refractivity contribution is 9.10. The molecule has 0 saturated heterocycles. The number of benzene rings is 2. The lowest BCUT2D eigenvalue weighted by Gasteiger charge is -2.11. The Labute approximate surface area is 121 Å². The Balaban J connectivity index is 2.42. The zero-order chi connectivity index (χ0) is 13.4. The summed E-state index contributed by atoms with van der Waals surface area (Å²) in [6, 6.07) is 12.7. The summed E-state index contributed by atoms with van der Waals surface area (Å²) in [6.07, 6.45) is 0. The van der Waals surface area contributed by atoms with Gasteiger partial charge in [-0.3, -0.25) is 0 Å². The molecule has 0 unspecified atom stereocenters. The molecule has 0 bridgehead atoms. The number of anilines is 1. The molecule has 0 amide bonds. The Bertz CT molecular complexity index is 765. The molecule has 3 aromatic rings. The number of nitrogens with zero attached hydrogens (tertiary/aromatic N) is 1. The van der Waals surface area contributed by atoms with Crippen molar-refractivity contribution < 1.29 is 0 Å². The molecule has 0 atom stereocenters. The van der Waals surface area contributed by atoms with Gasteiger partial charge in [-0.05, 0) is 36.9 Å². The molecule has 1 N–H and O–H groups in total. The summed E-state index contributed by atoms with van der Waals surface area (Å²) < 4.78 is 1.12. The van der Waals surface area contributed by atoms with Gasteiger partial charge in [0.05, 0.1) is 5.52 Å². The fourth-order valence-electron chi connectivity index (χ4n) is 2.42. The fourth-order valence-corrected chi connectivity index (χ4v) is 3.01. The van der Waals surface area contributed by atoms with Crippen molar-refractivity contribution in [3.8, 4) is 0 Å². The monoisotopic (exact) mass is 314 g/mol. The van der Waals surface area contributed by atoms with Crippen molar-refractivity contribution in [3.63, 3.8) is 0 Å². The number of nitrogens with one attached hydrogen (secondary N) is 1. The number of rotatable bonds is 2. The second-order valence-corrected chi connectivity index (χ2v) is 5.51. The molecule has 19 heavy (non-hydrogen) atoms. The van der Waals surface area contributed by atoms with Crippen LogP contribution >= 0.6 is 15.9 Å². The molecule has 2 nitrogen and oxygen atoms in total. The summed E-state index contributed by atoms with van der Waals surface area (Å²) in [5.41, 5.74) is 2.23. The van der Waals surface area contributed by atoms with Crippen LogP contribution in [0.2, 0.25) is 0 Å². The van der Waals surface area contributed by atoms with Crippen LogP contribution in [0.5, 0.6) is 0 Å². The van der Waals surface area contributed by atoms with E-state index in [0.29, 0.717) is 0 Å². The standard InChI is InChI=1S/C16H15BrN2/c1-3-18-16-10(2)8-11-9-14(17)12-6-4-5-7-13(12)15(11)19-16/h4-9H,3H2,1-2H3,(H,18,19). The molecule has 0 spiro atoms. The van der Waals surface area contributed by atoms with Crippen molar-refractivity contribution >= 4 is 43.4 Å². The molecule has 1 aromatic heterocycles. The molecule has 1 heterocycles. The maximum Gasteiger partial charge on any atom is 0.129 e. The molecule has 3 heteroatoms. The highest BCUT2D eigenvalue weighted by atomic mass is 79.9. The number of aromatic nitrogens is 1. The van der Waals surface area contributed by atoms with Gasteiger partial charge in [-0.25, -0.2) is 4.98 Å². The third-order valence-electron chi connectivity index (χ3n) is 3.31. The quantitative estimate of drug-likeness (QED) is 0.681. The SMILES string of the molecule is CCNc1nc2c(cc1C)cc(Br)c1ccccc12. The smallest absolute Gasteiger partial charge is 0.129 e. The average molecular weight is 315 g/mol. The average Bonchev–Trinajstić information content (AvgIpc) is 2.41. The van der Waals surface area contributed by atoms with Crippen molar-refractivity contribution in [2.75, 3.05) is 11.9 Å². The van der Waals surface area contributed by atoms with Gasteiger partial charge in [0, 0.05) is 21.8 Å². The Kier molecular flexibility index (Phi) is 3.15. The molecule has 0 aliphatic heterocycles. The van der Waals surface area contributed by atoms with Gasteiger partial charge in [-0.1, -0.05) is 40.2 Å². The van der Waals surface area contributed by atoms with Crippen LogP contribution in [0.15, 0.2) is 40.9 Å². The van der Waals surface area contributed by atoms with E-state index < -0.39 is 0 Å². The van der Waals surface area contributed by atoms with E-state index >= 15 is 0 Å². The zero-order valence-corrected chi connectivity index (χ0v) is 12.6. The Hall–Kier alpha value is -1.61. The van der Waals surface area contributed by atoms with Gasteiger partial charge in [0.2, 0.25) is 0 Å². The minimum atomic E-state index is 0.883. The number of hydrogen-bond donors (Lipinski definition) is 1. The Morgan fingerprint density at radius 2 is 1.89 bits per heavy atom. The van der Waals surface area contributed by atoms with Crippen LogP contribution in [-0.2, 0) is 0 Å². The first-order chi connectivity index (χ1) is 9.20. The maximum absolute atomic E-state index is 4.80. The number of halogens is 1. The van der Waals surface area contributed by atoms with E-state index in [1.54, 1.807) is 0 Å². The number of fused-ring (bicyclic) bond motifs is 3. The van der Waals surface area contributed by atoms with Gasteiger partial charge < -0.3 is 5.32 Å². The van der Waals surface area contributed by atoms with Crippen molar-refractivity contribution in [1.82, 2.24) is 4.98 Å². The van der Waals surface area contributed by atoms with E-state index in [2.05, 4.69) is 71.5 Å². The number of pyridine rings is 1. The molecule has 0 aliphatic carbocycles. The predicted octanol–water partition coefficient (Wildman–Crippen LogP) is 4.89. The van der Waals surface area contributed by atoms with Gasteiger partial charge in [0.1, 0.15) is 5.82 Å². The molecule has 96 valence electrons. The largest absolute Gasteiger partial charge is 0.370 e. The van der Waals surface area contributed by atoms with Crippen molar-refractivity contribution in [2.45, 2.75) is 13.8 Å². The van der Waals surface area contributed by atoms with Crippen molar-refractivity contribution in [2.24, 2.45) is 0 Å². The molecule has 0 saturated carbocycles. The summed E-state index contributed by atoms with van der Waals surface area (Å²) in [7, 11) is 0. The zero-order valence-electron chi connectivity index (χ0n) is 11.0. The molecule has 0 aliphatic rings. The van der Waals surface area contributed by atoms with Gasteiger partial charge in [-0.15, -0.1) is 0 Å². The number of aryl methyl sites for hydroxylation is 1. The van der Waals surface area contributed by atoms with E-state index in [9.17, 15) is 0 Å².